The Morgan fingerprint density at radius 1 is 1.11 bits per heavy atom. The van der Waals surface area contributed by atoms with Crippen LogP contribution in [0.1, 0.15) is 24.5 Å². The molecule has 0 aromatic heterocycles. The van der Waals surface area contributed by atoms with Crippen LogP contribution in [-0.2, 0) is 6.42 Å². The Balaban J connectivity index is 2.43. The molecule has 0 heterocycles. The average Bonchev–Trinajstić information content (AvgIpc) is 2.40. The van der Waals surface area contributed by atoms with Crippen LogP contribution in [0.3, 0.4) is 0 Å². The van der Waals surface area contributed by atoms with Crippen LogP contribution < -0.4 is 0 Å². The molecule has 0 amide bonds. The van der Waals surface area contributed by atoms with Crippen molar-refractivity contribution in [1.29, 1.82) is 5.26 Å². The molecule has 0 radical (unpaired) electrons. The summed E-state index contributed by atoms with van der Waals surface area (Å²) in [6.45, 7) is 2.13. The summed E-state index contributed by atoms with van der Waals surface area (Å²) in [6.07, 6.45) is 2.14. The summed E-state index contributed by atoms with van der Waals surface area (Å²) >= 11 is 0. The maximum Gasteiger partial charge on any atom is 0.141 e. The van der Waals surface area contributed by atoms with Gasteiger partial charge < -0.3 is 0 Å². The number of hydrogen-bond acceptors (Lipinski definition) is 1. The second-order valence-corrected chi connectivity index (χ2v) is 4.22. The minimum Gasteiger partial charge on any atom is -0.206 e. The standard InChI is InChI=1S/C16H14FN/c1-2-4-12-7-9-13(10-8-12)14-5-3-6-16(17)15(14)11-18/h3,5-10H,2,4H2,1H3. The number of aryl methyl sites for hydroxylation is 1. The van der Waals surface area contributed by atoms with Crippen LogP contribution in [0.2, 0.25) is 0 Å². The molecule has 0 fully saturated rings. The monoisotopic (exact) mass is 239 g/mol. The summed E-state index contributed by atoms with van der Waals surface area (Å²) in [5.41, 5.74) is 2.91. The summed E-state index contributed by atoms with van der Waals surface area (Å²) in [7, 11) is 0. The quantitative estimate of drug-likeness (QED) is 0.782. The first-order chi connectivity index (χ1) is 8.76. The predicted octanol–water partition coefficient (Wildman–Crippen LogP) is 4.32. The Morgan fingerprint density at radius 2 is 1.83 bits per heavy atom. The van der Waals surface area contributed by atoms with E-state index in [0.717, 1.165) is 18.4 Å². The molecule has 0 saturated heterocycles. The number of benzene rings is 2. The molecule has 1 nitrogen and oxygen atoms in total. The number of nitrogens with zero attached hydrogens (tertiary/aromatic N) is 1. The highest BCUT2D eigenvalue weighted by atomic mass is 19.1. The van der Waals surface area contributed by atoms with Gasteiger partial charge in [0, 0.05) is 5.56 Å². The van der Waals surface area contributed by atoms with Gasteiger partial charge in [-0.3, -0.25) is 0 Å². The molecule has 0 N–H and O–H groups in total. The van der Waals surface area contributed by atoms with Crippen molar-refractivity contribution in [3.05, 3.63) is 59.4 Å². The fourth-order valence-electron chi connectivity index (χ4n) is 2.02. The van der Waals surface area contributed by atoms with Gasteiger partial charge >= 0.3 is 0 Å². The van der Waals surface area contributed by atoms with E-state index < -0.39 is 5.82 Å². The number of rotatable bonds is 3. The first-order valence-corrected chi connectivity index (χ1v) is 6.04. The van der Waals surface area contributed by atoms with Crippen LogP contribution in [0, 0.1) is 17.1 Å². The van der Waals surface area contributed by atoms with Crippen LogP contribution in [-0.4, -0.2) is 0 Å². The zero-order valence-electron chi connectivity index (χ0n) is 10.3. The number of halogens is 1. The highest BCUT2D eigenvalue weighted by molar-refractivity contribution is 5.70. The van der Waals surface area contributed by atoms with E-state index in [1.165, 1.54) is 11.6 Å². The van der Waals surface area contributed by atoms with E-state index in [1.807, 2.05) is 30.3 Å². The van der Waals surface area contributed by atoms with Crippen molar-refractivity contribution in [2.24, 2.45) is 0 Å². The molecule has 18 heavy (non-hydrogen) atoms. The van der Waals surface area contributed by atoms with Crippen LogP contribution in [0.25, 0.3) is 11.1 Å². The zero-order valence-corrected chi connectivity index (χ0v) is 10.3. The molecule has 0 atom stereocenters. The summed E-state index contributed by atoms with van der Waals surface area (Å²) in [6, 6.07) is 14.6. The average molecular weight is 239 g/mol. The lowest BCUT2D eigenvalue weighted by Gasteiger charge is -2.06. The van der Waals surface area contributed by atoms with Crippen LogP contribution in [0.15, 0.2) is 42.5 Å². The maximum absolute atomic E-state index is 13.5. The van der Waals surface area contributed by atoms with E-state index in [0.29, 0.717) is 5.56 Å². The highest BCUT2D eigenvalue weighted by Crippen LogP contribution is 2.25. The largest absolute Gasteiger partial charge is 0.206 e. The molecule has 0 bridgehead atoms. The molecule has 2 heteroatoms. The Bertz CT molecular complexity index is 579. The van der Waals surface area contributed by atoms with Gasteiger partial charge in [0.15, 0.2) is 0 Å². The van der Waals surface area contributed by atoms with Crippen molar-refractivity contribution >= 4 is 0 Å². The second-order valence-electron chi connectivity index (χ2n) is 4.22. The molecule has 0 aliphatic rings. The molecule has 90 valence electrons. The third-order valence-electron chi connectivity index (χ3n) is 2.93. The van der Waals surface area contributed by atoms with Crippen molar-refractivity contribution in [2.75, 3.05) is 0 Å². The smallest absolute Gasteiger partial charge is 0.141 e. The van der Waals surface area contributed by atoms with E-state index in [1.54, 1.807) is 12.1 Å². The molecule has 0 spiro atoms. The van der Waals surface area contributed by atoms with E-state index in [2.05, 4.69) is 6.92 Å². The lowest BCUT2D eigenvalue weighted by Crippen LogP contribution is -1.90. The highest BCUT2D eigenvalue weighted by Gasteiger charge is 2.09. The fraction of sp³-hybridized carbons (Fsp3) is 0.188. The van der Waals surface area contributed by atoms with E-state index >= 15 is 0 Å². The molecular formula is C16H14FN. The predicted molar refractivity (Wildman–Crippen MR) is 70.5 cm³/mol. The first-order valence-electron chi connectivity index (χ1n) is 6.04. The molecule has 0 aliphatic carbocycles. The molecule has 0 aliphatic heterocycles. The Labute approximate surface area is 107 Å². The molecule has 2 rings (SSSR count). The maximum atomic E-state index is 13.5. The lowest BCUT2D eigenvalue weighted by atomic mass is 9.98. The Morgan fingerprint density at radius 3 is 2.44 bits per heavy atom. The number of nitriles is 1. The third kappa shape index (κ3) is 2.41. The molecule has 0 saturated carbocycles. The second kappa shape index (κ2) is 5.46. The van der Waals surface area contributed by atoms with Gasteiger partial charge in [-0.05, 0) is 23.6 Å². The molecular weight excluding hydrogens is 225 g/mol. The topological polar surface area (TPSA) is 23.8 Å². The van der Waals surface area contributed by atoms with Gasteiger partial charge in [0.1, 0.15) is 11.9 Å². The van der Waals surface area contributed by atoms with Gasteiger partial charge in [-0.25, -0.2) is 4.39 Å². The molecule has 2 aromatic rings. The summed E-state index contributed by atoms with van der Waals surface area (Å²) in [5, 5.41) is 9.01. The van der Waals surface area contributed by atoms with Gasteiger partial charge in [-0.1, -0.05) is 49.7 Å². The third-order valence-corrected chi connectivity index (χ3v) is 2.93. The van der Waals surface area contributed by atoms with E-state index in [4.69, 9.17) is 5.26 Å². The van der Waals surface area contributed by atoms with Crippen molar-refractivity contribution in [3.63, 3.8) is 0 Å². The molecule has 2 aromatic carbocycles. The van der Waals surface area contributed by atoms with Crippen molar-refractivity contribution < 1.29 is 4.39 Å². The van der Waals surface area contributed by atoms with E-state index in [9.17, 15) is 4.39 Å². The summed E-state index contributed by atoms with van der Waals surface area (Å²) in [4.78, 5) is 0. The van der Waals surface area contributed by atoms with Gasteiger partial charge in [0.05, 0.1) is 5.56 Å². The minimum absolute atomic E-state index is 0.112. The van der Waals surface area contributed by atoms with Crippen LogP contribution >= 0.6 is 0 Å². The van der Waals surface area contributed by atoms with Crippen LogP contribution in [0.4, 0.5) is 4.39 Å². The SMILES string of the molecule is CCCc1ccc(-c2cccc(F)c2C#N)cc1. The van der Waals surface area contributed by atoms with Crippen molar-refractivity contribution in [2.45, 2.75) is 19.8 Å². The lowest BCUT2D eigenvalue weighted by molar-refractivity contribution is 0.624. The first kappa shape index (κ1) is 12.3. The van der Waals surface area contributed by atoms with Gasteiger partial charge in [0.2, 0.25) is 0 Å². The normalized spacial score (nSPS) is 10.1. The zero-order chi connectivity index (χ0) is 13.0. The summed E-state index contributed by atoms with van der Waals surface area (Å²) in [5.74, 6) is -0.465. The van der Waals surface area contributed by atoms with Gasteiger partial charge in [-0.15, -0.1) is 0 Å². The molecule has 0 unspecified atom stereocenters. The van der Waals surface area contributed by atoms with E-state index in [-0.39, 0.29) is 5.56 Å². The fourth-order valence-corrected chi connectivity index (χ4v) is 2.02. The Kier molecular flexibility index (Phi) is 3.74. The number of hydrogen-bond donors (Lipinski definition) is 0. The minimum atomic E-state index is -0.465. The van der Waals surface area contributed by atoms with Gasteiger partial charge in [0.25, 0.3) is 0 Å². The Hall–Kier alpha value is -2.14. The van der Waals surface area contributed by atoms with Crippen molar-refractivity contribution in [1.82, 2.24) is 0 Å². The van der Waals surface area contributed by atoms with Crippen molar-refractivity contribution in [3.8, 4) is 17.2 Å². The summed E-state index contributed by atoms with van der Waals surface area (Å²) < 4.78 is 13.5. The van der Waals surface area contributed by atoms with Crippen LogP contribution in [0.5, 0.6) is 0 Å². The van der Waals surface area contributed by atoms with Gasteiger partial charge in [-0.2, -0.15) is 5.26 Å².